The molecule has 0 radical (unpaired) electrons. The molecule has 0 saturated carbocycles. The van der Waals surface area contributed by atoms with Gasteiger partial charge in [0.25, 0.3) is 5.91 Å². The predicted octanol–water partition coefficient (Wildman–Crippen LogP) is 1.72. The summed E-state index contributed by atoms with van der Waals surface area (Å²) in [6.07, 6.45) is 0.158. The van der Waals surface area contributed by atoms with E-state index in [2.05, 4.69) is 0 Å². The number of amides is 1. The number of nitriles is 1. The first-order valence-electron chi connectivity index (χ1n) is 5.03. The summed E-state index contributed by atoms with van der Waals surface area (Å²) in [6.45, 7) is 0.209. The van der Waals surface area contributed by atoms with Crippen LogP contribution in [-0.4, -0.2) is 29.3 Å². The third-order valence-corrected chi connectivity index (χ3v) is 2.30. The van der Waals surface area contributed by atoms with Crippen molar-refractivity contribution in [1.29, 1.82) is 5.26 Å². The minimum absolute atomic E-state index is 0.0172. The van der Waals surface area contributed by atoms with E-state index in [0.29, 0.717) is 0 Å². The van der Waals surface area contributed by atoms with Gasteiger partial charge >= 0.3 is 5.69 Å². The average molecular weight is 251 g/mol. The molecule has 0 atom stereocenters. The zero-order chi connectivity index (χ0) is 13.7. The van der Waals surface area contributed by atoms with E-state index in [-0.39, 0.29) is 18.5 Å². The number of halogens is 1. The van der Waals surface area contributed by atoms with Gasteiger partial charge in [-0.1, -0.05) is 0 Å². The summed E-state index contributed by atoms with van der Waals surface area (Å²) >= 11 is 0. The maximum absolute atomic E-state index is 13.1. The molecule has 0 unspecified atom stereocenters. The van der Waals surface area contributed by atoms with Crippen molar-refractivity contribution in [3.8, 4) is 6.07 Å². The van der Waals surface area contributed by atoms with Crippen molar-refractivity contribution < 1.29 is 14.1 Å². The number of hydrogen-bond acceptors (Lipinski definition) is 4. The lowest BCUT2D eigenvalue weighted by molar-refractivity contribution is -0.387. The van der Waals surface area contributed by atoms with Gasteiger partial charge in [-0.3, -0.25) is 14.9 Å². The van der Waals surface area contributed by atoms with Gasteiger partial charge in [0.1, 0.15) is 0 Å². The minimum atomic E-state index is -0.990. The smallest absolute Gasteiger partial charge is 0.305 e. The van der Waals surface area contributed by atoms with E-state index in [4.69, 9.17) is 5.26 Å². The van der Waals surface area contributed by atoms with Crippen molar-refractivity contribution in [2.24, 2.45) is 0 Å². The van der Waals surface area contributed by atoms with E-state index in [1.54, 1.807) is 0 Å². The fraction of sp³-hybridized carbons (Fsp3) is 0.273. The van der Waals surface area contributed by atoms with Crippen LogP contribution in [0.15, 0.2) is 18.2 Å². The van der Waals surface area contributed by atoms with Gasteiger partial charge in [0.05, 0.1) is 17.4 Å². The second-order valence-electron chi connectivity index (χ2n) is 3.56. The molecule has 1 rings (SSSR count). The number of benzene rings is 1. The maximum atomic E-state index is 13.1. The molecule has 94 valence electrons. The maximum Gasteiger partial charge on any atom is 0.305 e. The fourth-order valence-corrected chi connectivity index (χ4v) is 1.33. The summed E-state index contributed by atoms with van der Waals surface area (Å²) in [7, 11) is 1.47. The van der Waals surface area contributed by atoms with Crippen LogP contribution in [0.2, 0.25) is 0 Å². The number of hydrogen-bond donors (Lipinski definition) is 0. The van der Waals surface area contributed by atoms with Gasteiger partial charge in [-0.25, -0.2) is 0 Å². The van der Waals surface area contributed by atoms with Crippen LogP contribution in [0.3, 0.4) is 0 Å². The van der Waals surface area contributed by atoms with Gasteiger partial charge in [-0.15, -0.1) is 0 Å². The van der Waals surface area contributed by atoms with Gasteiger partial charge in [0, 0.05) is 25.2 Å². The molecule has 1 aromatic rings. The van der Waals surface area contributed by atoms with Gasteiger partial charge in [0.2, 0.25) is 5.82 Å². The first-order valence-corrected chi connectivity index (χ1v) is 5.03. The van der Waals surface area contributed by atoms with Crippen molar-refractivity contribution in [3.63, 3.8) is 0 Å². The molecule has 6 nitrogen and oxygen atoms in total. The van der Waals surface area contributed by atoms with E-state index >= 15 is 0 Å². The van der Waals surface area contributed by atoms with Gasteiger partial charge in [0.15, 0.2) is 0 Å². The van der Waals surface area contributed by atoms with Crippen LogP contribution in [0.1, 0.15) is 16.8 Å². The molecule has 0 heterocycles. The molecule has 18 heavy (non-hydrogen) atoms. The highest BCUT2D eigenvalue weighted by molar-refractivity contribution is 5.94. The highest BCUT2D eigenvalue weighted by Gasteiger charge is 2.19. The van der Waals surface area contributed by atoms with Crippen LogP contribution in [0, 0.1) is 27.3 Å². The highest BCUT2D eigenvalue weighted by Crippen LogP contribution is 2.19. The van der Waals surface area contributed by atoms with Crippen molar-refractivity contribution in [2.75, 3.05) is 13.6 Å². The van der Waals surface area contributed by atoms with E-state index in [0.717, 1.165) is 12.1 Å². The Balaban J connectivity index is 2.97. The molecule has 0 fully saturated rings. The molecule has 0 aliphatic rings. The fourth-order valence-electron chi connectivity index (χ4n) is 1.33. The lowest BCUT2D eigenvalue weighted by Crippen LogP contribution is -2.27. The minimum Gasteiger partial charge on any atom is -0.341 e. The lowest BCUT2D eigenvalue weighted by Gasteiger charge is -2.15. The van der Waals surface area contributed by atoms with E-state index in [1.165, 1.54) is 18.0 Å². The van der Waals surface area contributed by atoms with E-state index < -0.39 is 22.3 Å². The third kappa shape index (κ3) is 3.01. The molecule has 0 saturated heterocycles. The molecule has 0 spiro atoms. The molecule has 1 aromatic carbocycles. The topological polar surface area (TPSA) is 87.2 Å². The Hall–Kier alpha value is -2.49. The van der Waals surface area contributed by atoms with Crippen LogP contribution in [-0.2, 0) is 0 Å². The zero-order valence-electron chi connectivity index (χ0n) is 9.59. The first kappa shape index (κ1) is 13.6. The van der Waals surface area contributed by atoms with Crippen molar-refractivity contribution >= 4 is 11.6 Å². The highest BCUT2D eigenvalue weighted by atomic mass is 19.1. The SMILES string of the molecule is CN(CCC#N)C(=O)c1ccc(F)c([N+](=O)[O-])c1. The van der Waals surface area contributed by atoms with Crippen LogP contribution in [0.5, 0.6) is 0 Å². The Morgan fingerprint density at radius 1 is 1.61 bits per heavy atom. The molecule has 0 bridgehead atoms. The molecular formula is C11H10FN3O3. The predicted molar refractivity (Wildman–Crippen MR) is 60.2 cm³/mol. The second kappa shape index (κ2) is 5.72. The number of nitro benzene ring substituents is 1. The quantitative estimate of drug-likeness (QED) is 0.602. The first-order chi connectivity index (χ1) is 8.47. The average Bonchev–Trinajstić information content (AvgIpc) is 2.35. The molecule has 7 heteroatoms. The monoisotopic (exact) mass is 251 g/mol. The Labute approximate surface area is 102 Å². The normalized spacial score (nSPS) is 9.61. The second-order valence-corrected chi connectivity index (χ2v) is 3.56. The lowest BCUT2D eigenvalue weighted by atomic mass is 10.1. The summed E-state index contributed by atoms with van der Waals surface area (Å²) in [5, 5.41) is 18.9. The van der Waals surface area contributed by atoms with Crippen LogP contribution in [0.25, 0.3) is 0 Å². The van der Waals surface area contributed by atoms with Crippen molar-refractivity contribution in [1.82, 2.24) is 4.90 Å². The molecule has 0 aliphatic carbocycles. The van der Waals surface area contributed by atoms with Gasteiger partial charge < -0.3 is 4.90 Å². The van der Waals surface area contributed by atoms with Crippen molar-refractivity contribution in [3.05, 3.63) is 39.7 Å². The standard InChI is InChI=1S/C11H10FN3O3/c1-14(6-2-5-13)11(16)8-3-4-9(12)10(7-8)15(17)18/h3-4,7H,2,6H2,1H3. The number of carbonyl (C=O) groups is 1. The molecule has 1 amide bonds. The number of carbonyl (C=O) groups excluding carboxylic acids is 1. The van der Waals surface area contributed by atoms with Gasteiger partial charge in [-0.2, -0.15) is 9.65 Å². The number of nitro groups is 1. The Bertz CT molecular complexity index is 525. The summed E-state index contributed by atoms with van der Waals surface area (Å²) in [6, 6.07) is 4.82. The molecular weight excluding hydrogens is 241 g/mol. The van der Waals surface area contributed by atoms with Crippen LogP contribution < -0.4 is 0 Å². The Kier molecular flexibility index (Phi) is 4.32. The largest absolute Gasteiger partial charge is 0.341 e. The number of rotatable bonds is 4. The molecule has 0 aliphatic heterocycles. The summed E-state index contributed by atoms with van der Waals surface area (Å²) < 4.78 is 13.1. The Morgan fingerprint density at radius 3 is 2.83 bits per heavy atom. The zero-order valence-corrected chi connectivity index (χ0v) is 9.59. The number of nitrogens with zero attached hydrogens (tertiary/aromatic N) is 3. The summed E-state index contributed by atoms with van der Waals surface area (Å²) in [4.78, 5) is 22.7. The molecule has 0 N–H and O–H groups in total. The van der Waals surface area contributed by atoms with Crippen LogP contribution >= 0.6 is 0 Å². The van der Waals surface area contributed by atoms with Gasteiger partial charge in [-0.05, 0) is 12.1 Å². The summed E-state index contributed by atoms with van der Waals surface area (Å²) in [5.41, 5.74) is -0.724. The van der Waals surface area contributed by atoms with E-state index in [1.807, 2.05) is 6.07 Å². The Morgan fingerprint density at radius 2 is 2.28 bits per heavy atom. The van der Waals surface area contributed by atoms with Crippen molar-refractivity contribution in [2.45, 2.75) is 6.42 Å². The molecule has 0 aromatic heterocycles. The van der Waals surface area contributed by atoms with E-state index in [9.17, 15) is 19.3 Å². The van der Waals surface area contributed by atoms with Crippen LogP contribution in [0.4, 0.5) is 10.1 Å². The third-order valence-electron chi connectivity index (χ3n) is 2.30. The summed E-state index contributed by atoms with van der Waals surface area (Å²) in [5.74, 6) is -1.48.